The highest BCUT2D eigenvalue weighted by atomic mass is 32.2. The smallest absolute Gasteiger partial charge is 0.335 e. The Bertz CT molecular complexity index is 1060. The Morgan fingerprint density at radius 2 is 1.85 bits per heavy atom. The summed E-state index contributed by atoms with van der Waals surface area (Å²) in [6.45, 7) is 0. The third-order valence-electron chi connectivity index (χ3n) is 3.92. The van der Waals surface area contributed by atoms with Crippen LogP contribution in [0.2, 0.25) is 0 Å². The minimum atomic E-state index is -1.02. The molecule has 0 aliphatic heterocycles. The Morgan fingerprint density at radius 3 is 2.56 bits per heavy atom. The molecule has 1 heterocycles. The molecule has 3 aromatic rings. The second-order valence-corrected chi connectivity index (χ2v) is 6.87. The first-order chi connectivity index (χ1) is 13.0. The van der Waals surface area contributed by atoms with E-state index in [-0.39, 0.29) is 23.5 Å². The molecule has 1 amide bonds. The van der Waals surface area contributed by atoms with Crippen molar-refractivity contribution in [2.45, 2.75) is 11.6 Å². The molecule has 0 saturated heterocycles. The lowest BCUT2D eigenvalue weighted by molar-refractivity contribution is -0.115. The van der Waals surface area contributed by atoms with Crippen molar-refractivity contribution in [1.82, 2.24) is 9.55 Å². The number of hydrogen-bond donors (Lipinski definition) is 2. The lowest BCUT2D eigenvalue weighted by Gasteiger charge is -2.09. The van der Waals surface area contributed by atoms with Crippen molar-refractivity contribution in [3.05, 3.63) is 64.4 Å². The molecule has 2 aromatic carbocycles. The fourth-order valence-corrected chi connectivity index (χ4v) is 3.39. The van der Waals surface area contributed by atoms with Crippen LogP contribution in [0, 0.1) is 0 Å². The third-order valence-corrected chi connectivity index (χ3v) is 4.95. The summed E-state index contributed by atoms with van der Waals surface area (Å²) in [5.41, 5.74) is 1.20. The minimum Gasteiger partial charge on any atom is -0.478 e. The first kappa shape index (κ1) is 18.7. The second kappa shape index (κ2) is 8.05. The molecular weight excluding hydrogens is 366 g/mol. The predicted molar refractivity (Wildman–Crippen MR) is 104 cm³/mol. The number of aromatic carboxylic acids is 1. The summed E-state index contributed by atoms with van der Waals surface area (Å²) in [4.78, 5) is 39.7. The number of rotatable bonds is 6. The normalized spacial score (nSPS) is 10.7. The minimum absolute atomic E-state index is 0.119. The number of carbonyl (C=O) groups excluding carboxylic acids is 1. The van der Waals surface area contributed by atoms with Crippen LogP contribution in [0.25, 0.3) is 10.9 Å². The maximum atomic E-state index is 12.4. The van der Waals surface area contributed by atoms with E-state index >= 15 is 0 Å². The van der Waals surface area contributed by atoms with Crippen LogP contribution in [0.1, 0.15) is 16.8 Å². The molecule has 7 nitrogen and oxygen atoms in total. The van der Waals surface area contributed by atoms with Gasteiger partial charge in [0.25, 0.3) is 5.56 Å². The van der Waals surface area contributed by atoms with E-state index in [1.807, 2.05) is 6.07 Å². The van der Waals surface area contributed by atoms with Crippen LogP contribution < -0.4 is 10.9 Å². The number of para-hydroxylation sites is 1. The summed E-state index contributed by atoms with van der Waals surface area (Å²) in [6, 6.07) is 13.1. The van der Waals surface area contributed by atoms with E-state index in [1.165, 1.54) is 28.5 Å². The lowest BCUT2D eigenvalue weighted by atomic mass is 10.2. The third kappa shape index (κ3) is 4.35. The quantitative estimate of drug-likeness (QED) is 0.501. The summed E-state index contributed by atoms with van der Waals surface area (Å²) in [5, 5.41) is 12.7. The van der Waals surface area contributed by atoms with Gasteiger partial charge in [-0.25, -0.2) is 9.78 Å². The van der Waals surface area contributed by atoms with Crippen LogP contribution in [-0.4, -0.2) is 32.3 Å². The molecule has 0 aliphatic rings. The highest BCUT2D eigenvalue weighted by Crippen LogP contribution is 2.18. The number of fused-ring (bicyclic) bond motifs is 1. The molecule has 8 heteroatoms. The highest BCUT2D eigenvalue weighted by molar-refractivity contribution is 7.99. The number of carboxylic acid groups (broad SMARTS) is 1. The van der Waals surface area contributed by atoms with Gasteiger partial charge in [-0.15, -0.1) is 0 Å². The highest BCUT2D eigenvalue weighted by Gasteiger charge is 2.10. The molecular formula is C19H17N3O4S. The van der Waals surface area contributed by atoms with Crippen LogP contribution in [0.4, 0.5) is 5.69 Å². The number of hydrogen-bond acceptors (Lipinski definition) is 5. The van der Waals surface area contributed by atoms with Crippen molar-refractivity contribution in [1.29, 1.82) is 0 Å². The van der Waals surface area contributed by atoms with Crippen molar-refractivity contribution in [3.8, 4) is 0 Å². The van der Waals surface area contributed by atoms with Gasteiger partial charge in [0.1, 0.15) is 0 Å². The van der Waals surface area contributed by atoms with Crippen molar-refractivity contribution in [3.63, 3.8) is 0 Å². The van der Waals surface area contributed by atoms with Gasteiger partial charge in [0.05, 0.1) is 16.5 Å². The number of anilines is 1. The zero-order chi connectivity index (χ0) is 19.4. The van der Waals surface area contributed by atoms with Crippen LogP contribution in [0.3, 0.4) is 0 Å². The Hall–Kier alpha value is -3.13. The molecule has 0 unspecified atom stereocenters. The zero-order valence-electron chi connectivity index (χ0n) is 14.5. The van der Waals surface area contributed by atoms with Gasteiger partial charge in [-0.1, -0.05) is 23.9 Å². The molecule has 138 valence electrons. The molecule has 1 aromatic heterocycles. The average Bonchev–Trinajstić information content (AvgIpc) is 2.66. The van der Waals surface area contributed by atoms with Crippen molar-refractivity contribution in [2.75, 3.05) is 11.1 Å². The van der Waals surface area contributed by atoms with E-state index < -0.39 is 5.97 Å². The SMILES string of the molecule is Cn1c(SCCC(=O)Nc2ccc(C(=O)O)cc2)nc2ccccc2c1=O. The molecule has 0 aliphatic carbocycles. The van der Waals surface area contributed by atoms with E-state index in [4.69, 9.17) is 5.11 Å². The average molecular weight is 383 g/mol. The van der Waals surface area contributed by atoms with Gasteiger partial charge in [-0.2, -0.15) is 0 Å². The van der Waals surface area contributed by atoms with Gasteiger partial charge in [0.2, 0.25) is 5.91 Å². The van der Waals surface area contributed by atoms with E-state index in [9.17, 15) is 14.4 Å². The summed E-state index contributed by atoms with van der Waals surface area (Å²) in [5.74, 6) is -0.758. The van der Waals surface area contributed by atoms with Gasteiger partial charge in [0, 0.05) is 24.9 Å². The Kier molecular flexibility index (Phi) is 5.56. The van der Waals surface area contributed by atoms with Gasteiger partial charge in [-0.3, -0.25) is 14.2 Å². The summed E-state index contributed by atoms with van der Waals surface area (Å²) >= 11 is 1.33. The van der Waals surface area contributed by atoms with Gasteiger partial charge >= 0.3 is 5.97 Å². The molecule has 0 fully saturated rings. The van der Waals surface area contributed by atoms with Gasteiger partial charge < -0.3 is 10.4 Å². The predicted octanol–water partition coefficient (Wildman–Crippen LogP) is 2.75. The van der Waals surface area contributed by atoms with Crippen molar-refractivity contribution < 1.29 is 14.7 Å². The Morgan fingerprint density at radius 1 is 1.15 bits per heavy atom. The summed E-state index contributed by atoms with van der Waals surface area (Å²) in [7, 11) is 1.66. The van der Waals surface area contributed by atoms with Crippen LogP contribution >= 0.6 is 11.8 Å². The zero-order valence-corrected chi connectivity index (χ0v) is 15.3. The maximum absolute atomic E-state index is 12.4. The van der Waals surface area contributed by atoms with Crippen molar-refractivity contribution in [2.24, 2.45) is 7.05 Å². The van der Waals surface area contributed by atoms with Crippen LogP contribution in [0.15, 0.2) is 58.5 Å². The van der Waals surface area contributed by atoms with Crippen molar-refractivity contribution >= 4 is 40.2 Å². The first-order valence-corrected chi connectivity index (χ1v) is 9.16. The number of amides is 1. The molecule has 0 bridgehead atoms. The summed E-state index contributed by atoms with van der Waals surface area (Å²) < 4.78 is 1.48. The topological polar surface area (TPSA) is 101 Å². The van der Waals surface area contributed by atoms with Crippen LogP contribution in [-0.2, 0) is 11.8 Å². The summed E-state index contributed by atoms with van der Waals surface area (Å²) in [6.07, 6.45) is 0.230. The first-order valence-electron chi connectivity index (χ1n) is 8.17. The molecule has 0 spiro atoms. The second-order valence-electron chi connectivity index (χ2n) is 5.80. The Labute approximate surface area is 159 Å². The lowest BCUT2D eigenvalue weighted by Crippen LogP contribution is -2.20. The van der Waals surface area contributed by atoms with E-state index in [2.05, 4.69) is 10.3 Å². The maximum Gasteiger partial charge on any atom is 0.335 e. The fraction of sp³-hybridized carbons (Fsp3) is 0.158. The number of nitrogens with zero attached hydrogens (tertiary/aromatic N) is 2. The molecule has 2 N–H and O–H groups in total. The largest absolute Gasteiger partial charge is 0.478 e. The monoisotopic (exact) mass is 383 g/mol. The molecule has 3 rings (SSSR count). The number of benzene rings is 2. The number of thioether (sulfide) groups is 1. The van der Waals surface area contributed by atoms with E-state index in [1.54, 1.807) is 37.4 Å². The fourth-order valence-electron chi connectivity index (χ4n) is 2.48. The van der Waals surface area contributed by atoms with Gasteiger partial charge in [0.15, 0.2) is 5.16 Å². The standard InChI is InChI=1S/C19H17N3O4S/c1-22-17(24)14-4-2-3-5-15(14)21-19(22)27-11-10-16(23)20-13-8-6-12(7-9-13)18(25)26/h2-9H,10-11H2,1H3,(H,20,23)(H,25,26). The molecule has 27 heavy (non-hydrogen) atoms. The number of carbonyl (C=O) groups is 2. The Balaban J connectivity index is 1.60. The van der Waals surface area contributed by atoms with E-state index in [0.717, 1.165) is 0 Å². The van der Waals surface area contributed by atoms with Gasteiger partial charge in [-0.05, 0) is 36.4 Å². The molecule has 0 saturated carbocycles. The number of carboxylic acids is 1. The van der Waals surface area contributed by atoms with Crippen LogP contribution in [0.5, 0.6) is 0 Å². The number of aromatic nitrogens is 2. The molecule has 0 radical (unpaired) electrons. The molecule has 0 atom stereocenters. The van der Waals surface area contributed by atoms with E-state index in [0.29, 0.717) is 27.5 Å². The number of nitrogens with one attached hydrogen (secondary N) is 1.